The molecule has 0 rings (SSSR count). The minimum Gasteiger partial charge on any atom is -0.352 e. The highest BCUT2D eigenvalue weighted by molar-refractivity contribution is 5.84. The van der Waals surface area contributed by atoms with Gasteiger partial charge in [0.2, 0.25) is 11.8 Å². The van der Waals surface area contributed by atoms with Crippen LogP contribution in [0.2, 0.25) is 0 Å². The average Bonchev–Trinajstić information content (AvgIpc) is 2.39. The minimum atomic E-state index is -0.0948. The van der Waals surface area contributed by atoms with Crippen molar-refractivity contribution in [3.8, 4) is 0 Å². The highest BCUT2D eigenvalue weighted by Gasteiger charge is 2.19. The van der Waals surface area contributed by atoms with Gasteiger partial charge in [0.05, 0.1) is 6.54 Å². The lowest BCUT2D eigenvalue weighted by molar-refractivity contribution is -0.136. The van der Waals surface area contributed by atoms with Crippen LogP contribution in [0.4, 0.5) is 0 Å². The van der Waals surface area contributed by atoms with Crippen LogP contribution in [0, 0.1) is 11.8 Å². The predicted octanol–water partition coefficient (Wildman–Crippen LogP) is 1.76. The molecule has 0 bridgehead atoms. The normalized spacial score (nSPS) is 12.6. The molecule has 5 heteroatoms. The Labute approximate surface area is 129 Å². The van der Waals surface area contributed by atoms with E-state index in [-0.39, 0.29) is 24.4 Å². The first-order valence-electron chi connectivity index (χ1n) is 8.08. The zero-order valence-electron chi connectivity index (χ0n) is 14.3. The summed E-state index contributed by atoms with van der Waals surface area (Å²) in [5.74, 6) is 0.962. The summed E-state index contributed by atoms with van der Waals surface area (Å²) in [7, 11) is 0. The highest BCUT2D eigenvalue weighted by atomic mass is 16.2. The van der Waals surface area contributed by atoms with E-state index in [0.717, 1.165) is 12.8 Å². The van der Waals surface area contributed by atoms with Crippen LogP contribution in [0.3, 0.4) is 0 Å². The summed E-state index contributed by atoms with van der Waals surface area (Å²) in [4.78, 5) is 25.6. The Morgan fingerprint density at radius 2 is 1.76 bits per heavy atom. The standard InChI is InChI=1S/C16H33N3O2/c1-6-19(11-15(20)18-13(4)5)16(21)8-7-14(9-10-17)12(2)3/h12-14H,6-11,17H2,1-5H3,(H,18,20). The second kappa shape index (κ2) is 10.6. The maximum Gasteiger partial charge on any atom is 0.239 e. The summed E-state index contributed by atoms with van der Waals surface area (Å²) in [5, 5.41) is 2.82. The van der Waals surface area contributed by atoms with Crippen molar-refractivity contribution < 1.29 is 9.59 Å². The second-order valence-electron chi connectivity index (χ2n) is 6.25. The molecule has 0 aliphatic carbocycles. The molecule has 0 aromatic heterocycles. The molecule has 1 atom stereocenters. The quantitative estimate of drug-likeness (QED) is 0.645. The van der Waals surface area contributed by atoms with Gasteiger partial charge in [0, 0.05) is 19.0 Å². The van der Waals surface area contributed by atoms with Crippen LogP contribution in [-0.4, -0.2) is 42.4 Å². The van der Waals surface area contributed by atoms with Gasteiger partial charge in [-0.1, -0.05) is 13.8 Å². The van der Waals surface area contributed by atoms with Crippen LogP contribution < -0.4 is 11.1 Å². The number of likely N-dealkylation sites (N-methyl/N-ethyl adjacent to an activating group) is 1. The predicted molar refractivity (Wildman–Crippen MR) is 86.8 cm³/mol. The molecule has 0 heterocycles. The van der Waals surface area contributed by atoms with E-state index in [9.17, 15) is 9.59 Å². The minimum absolute atomic E-state index is 0.0547. The van der Waals surface area contributed by atoms with Gasteiger partial charge in [-0.05, 0) is 52.0 Å². The molecule has 5 nitrogen and oxygen atoms in total. The maximum atomic E-state index is 12.2. The van der Waals surface area contributed by atoms with Gasteiger partial charge in [0.25, 0.3) is 0 Å². The number of nitrogens with zero attached hydrogens (tertiary/aromatic N) is 1. The number of hydrogen-bond acceptors (Lipinski definition) is 3. The zero-order valence-corrected chi connectivity index (χ0v) is 14.3. The van der Waals surface area contributed by atoms with Crippen LogP contribution >= 0.6 is 0 Å². The van der Waals surface area contributed by atoms with E-state index in [2.05, 4.69) is 19.2 Å². The Bertz CT molecular complexity index is 317. The molecule has 124 valence electrons. The van der Waals surface area contributed by atoms with Crippen molar-refractivity contribution in [3.05, 3.63) is 0 Å². The van der Waals surface area contributed by atoms with Crippen molar-refractivity contribution in [2.75, 3.05) is 19.6 Å². The van der Waals surface area contributed by atoms with Crippen LogP contribution in [0.15, 0.2) is 0 Å². The van der Waals surface area contributed by atoms with Gasteiger partial charge in [0.15, 0.2) is 0 Å². The van der Waals surface area contributed by atoms with E-state index >= 15 is 0 Å². The summed E-state index contributed by atoms with van der Waals surface area (Å²) in [6, 6.07) is 0.0983. The highest BCUT2D eigenvalue weighted by Crippen LogP contribution is 2.20. The van der Waals surface area contributed by atoms with Crippen molar-refractivity contribution in [3.63, 3.8) is 0 Å². The first-order chi connectivity index (χ1) is 9.81. The van der Waals surface area contributed by atoms with Crippen molar-refractivity contribution in [2.45, 2.75) is 59.9 Å². The Balaban J connectivity index is 4.35. The number of carbonyl (C=O) groups excluding carboxylic acids is 2. The molecule has 0 saturated heterocycles. The molecule has 21 heavy (non-hydrogen) atoms. The van der Waals surface area contributed by atoms with Gasteiger partial charge in [-0.3, -0.25) is 9.59 Å². The number of rotatable bonds is 10. The lowest BCUT2D eigenvalue weighted by Gasteiger charge is -2.24. The Hall–Kier alpha value is -1.10. The van der Waals surface area contributed by atoms with Crippen molar-refractivity contribution in [1.82, 2.24) is 10.2 Å². The van der Waals surface area contributed by atoms with E-state index in [1.54, 1.807) is 4.90 Å². The monoisotopic (exact) mass is 299 g/mol. The first-order valence-corrected chi connectivity index (χ1v) is 8.08. The summed E-state index contributed by atoms with van der Waals surface area (Å²) in [6.07, 6.45) is 2.28. The third kappa shape index (κ3) is 8.71. The molecule has 0 spiro atoms. The lowest BCUT2D eigenvalue weighted by atomic mass is 9.88. The molecule has 1 unspecified atom stereocenters. The van der Waals surface area contributed by atoms with Crippen LogP contribution in [0.25, 0.3) is 0 Å². The zero-order chi connectivity index (χ0) is 16.4. The van der Waals surface area contributed by atoms with Gasteiger partial charge in [0.1, 0.15) is 0 Å². The molecule has 0 aromatic carbocycles. The fourth-order valence-corrected chi connectivity index (χ4v) is 2.41. The molecular formula is C16H33N3O2. The van der Waals surface area contributed by atoms with Crippen molar-refractivity contribution >= 4 is 11.8 Å². The van der Waals surface area contributed by atoms with Crippen molar-refractivity contribution in [1.29, 1.82) is 0 Å². The number of nitrogens with one attached hydrogen (secondary N) is 1. The van der Waals surface area contributed by atoms with Gasteiger partial charge >= 0.3 is 0 Å². The average molecular weight is 299 g/mol. The summed E-state index contributed by atoms with van der Waals surface area (Å²) in [6.45, 7) is 11.4. The second-order valence-corrected chi connectivity index (χ2v) is 6.25. The topological polar surface area (TPSA) is 75.4 Å². The van der Waals surface area contributed by atoms with Crippen LogP contribution in [-0.2, 0) is 9.59 Å². The fraction of sp³-hybridized carbons (Fsp3) is 0.875. The third-order valence-corrected chi connectivity index (χ3v) is 3.73. The van der Waals surface area contributed by atoms with Crippen LogP contribution in [0.1, 0.15) is 53.9 Å². The molecule has 3 N–H and O–H groups in total. The smallest absolute Gasteiger partial charge is 0.239 e. The molecule has 2 amide bonds. The molecule has 0 fully saturated rings. The van der Waals surface area contributed by atoms with E-state index in [0.29, 0.717) is 31.3 Å². The Kier molecular flexibility index (Phi) is 10.0. The Morgan fingerprint density at radius 1 is 1.14 bits per heavy atom. The summed E-state index contributed by atoms with van der Waals surface area (Å²) < 4.78 is 0. The van der Waals surface area contributed by atoms with Gasteiger partial charge < -0.3 is 16.0 Å². The number of hydrogen-bond donors (Lipinski definition) is 2. The molecular weight excluding hydrogens is 266 g/mol. The summed E-state index contributed by atoms with van der Waals surface area (Å²) >= 11 is 0. The first kappa shape index (κ1) is 19.9. The van der Waals surface area contributed by atoms with Gasteiger partial charge in [-0.2, -0.15) is 0 Å². The largest absolute Gasteiger partial charge is 0.352 e. The lowest BCUT2D eigenvalue weighted by Crippen LogP contribution is -2.42. The molecule has 0 saturated carbocycles. The SMILES string of the molecule is CCN(CC(=O)NC(C)C)C(=O)CCC(CCN)C(C)C. The molecule has 0 aliphatic heterocycles. The van der Waals surface area contributed by atoms with Crippen LogP contribution in [0.5, 0.6) is 0 Å². The van der Waals surface area contributed by atoms with Crippen molar-refractivity contribution in [2.24, 2.45) is 17.6 Å². The summed E-state index contributed by atoms with van der Waals surface area (Å²) in [5.41, 5.74) is 5.62. The maximum absolute atomic E-state index is 12.2. The van der Waals surface area contributed by atoms with Gasteiger partial charge in [-0.15, -0.1) is 0 Å². The van der Waals surface area contributed by atoms with E-state index in [1.165, 1.54) is 0 Å². The van der Waals surface area contributed by atoms with E-state index in [4.69, 9.17) is 5.73 Å². The number of nitrogens with two attached hydrogens (primary N) is 1. The third-order valence-electron chi connectivity index (χ3n) is 3.73. The molecule has 0 radical (unpaired) electrons. The number of amides is 2. The number of carbonyl (C=O) groups is 2. The van der Waals surface area contributed by atoms with Gasteiger partial charge in [-0.25, -0.2) is 0 Å². The molecule has 0 aromatic rings. The van der Waals surface area contributed by atoms with E-state index < -0.39 is 0 Å². The Morgan fingerprint density at radius 3 is 2.19 bits per heavy atom. The van der Waals surface area contributed by atoms with E-state index in [1.807, 2.05) is 20.8 Å². The fourth-order valence-electron chi connectivity index (χ4n) is 2.41. The molecule has 0 aliphatic rings.